The monoisotopic (exact) mass is 320 g/mol. The first-order chi connectivity index (χ1) is 11.3. The van der Waals surface area contributed by atoms with Gasteiger partial charge in [0.05, 0.1) is 25.5 Å². The second kappa shape index (κ2) is 6.54. The van der Waals surface area contributed by atoms with Gasteiger partial charge in [0.1, 0.15) is 0 Å². The number of hydrogen-bond donors (Lipinski definition) is 1. The molecule has 1 N–H and O–H groups in total. The summed E-state index contributed by atoms with van der Waals surface area (Å²) >= 11 is 0. The average Bonchev–Trinajstić information content (AvgIpc) is 3.20. The number of rotatable bonds is 4. The fourth-order valence-corrected chi connectivity index (χ4v) is 4.77. The molecule has 5 heteroatoms. The molecule has 3 heterocycles. The van der Waals surface area contributed by atoms with E-state index in [2.05, 4.69) is 16.1 Å². The van der Waals surface area contributed by atoms with Crippen molar-refractivity contribution in [3.05, 3.63) is 17.5 Å². The van der Waals surface area contributed by atoms with Crippen molar-refractivity contribution in [3.63, 3.8) is 0 Å². The molecule has 128 valence electrons. The van der Waals surface area contributed by atoms with Gasteiger partial charge in [0.2, 0.25) is 0 Å². The molecule has 0 unspecified atom stereocenters. The minimum atomic E-state index is -0.0650. The molecule has 0 amide bonds. The highest BCUT2D eigenvalue weighted by Crippen LogP contribution is 2.41. The lowest BCUT2D eigenvalue weighted by atomic mass is 9.76. The predicted molar refractivity (Wildman–Crippen MR) is 86.1 cm³/mol. The first-order valence-electron chi connectivity index (χ1n) is 9.15. The maximum atomic E-state index is 9.87. The Labute approximate surface area is 138 Å². The van der Waals surface area contributed by atoms with E-state index in [0.29, 0.717) is 18.4 Å². The number of aliphatic hydroxyl groups is 1. The highest BCUT2D eigenvalue weighted by Gasteiger charge is 2.48. The third-order valence-corrected chi connectivity index (χ3v) is 6.18. The molecule has 4 rings (SSSR count). The Hall–Kier alpha value is -0.910. The van der Waals surface area contributed by atoms with Gasteiger partial charge in [-0.3, -0.25) is 4.90 Å². The van der Waals surface area contributed by atoms with Gasteiger partial charge >= 0.3 is 0 Å². The van der Waals surface area contributed by atoms with E-state index in [0.717, 1.165) is 44.1 Å². The van der Waals surface area contributed by atoms with Gasteiger partial charge in [-0.1, -0.05) is 24.4 Å². The van der Waals surface area contributed by atoms with Crippen molar-refractivity contribution in [3.8, 4) is 0 Å². The van der Waals surface area contributed by atoms with Crippen LogP contribution in [0.1, 0.15) is 55.9 Å². The van der Waals surface area contributed by atoms with Gasteiger partial charge in [0, 0.05) is 37.1 Å². The summed E-state index contributed by atoms with van der Waals surface area (Å²) in [4.78, 5) is 2.40. The Kier molecular flexibility index (Phi) is 4.43. The molecule has 1 aromatic rings. The molecule has 0 bridgehead atoms. The Morgan fingerprint density at radius 1 is 1.26 bits per heavy atom. The van der Waals surface area contributed by atoms with Crippen LogP contribution in [0, 0.1) is 11.3 Å². The zero-order valence-corrected chi connectivity index (χ0v) is 13.9. The molecule has 2 atom stereocenters. The maximum Gasteiger partial charge on any atom is 0.150 e. The fourth-order valence-electron chi connectivity index (χ4n) is 4.77. The van der Waals surface area contributed by atoms with Gasteiger partial charge in [-0.05, 0) is 25.2 Å². The normalized spacial score (nSPS) is 33.0. The minimum Gasteiger partial charge on any atom is -0.396 e. The number of likely N-dealkylation sites (tertiary alicyclic amines) is 1. The zero-order valence-electron chi connectivity index (χ0n) is 13.9. The van der Waals surface area contributed by atoms with Crippen molar-refractivity contribution in [2.45, 2.75) is 51.0 Å². The summed E-state index contributed by atoms with van der Waals surface area (Å²) in [5, 5.41) is 14.2. The number of aliphatic hydroxyl groups excluding tert-OH is 1. The first-order valence-corrected chi connectivity index (χ1v) is 9.15. The summed E-state index contributed by atoms with van der Waals surface area (Å²) in [6.45, 7) is 4.47. The van der Waals surface area contributed by atoms with Gasteiger partial charge in [-0.15, -0.1) is 0 Å². The van der Waals surface area contributed by atoms with Crippen molar-refractivity contribution < 1.29 is 14.4 Å². The molecule has 0 spiro atoms. The Morgan fingerprint density at radius 2 is 2.13 bits per heavy atom. The quantitative estimate of drug-likeness (QED) is 0.924. The van der Waals surface area contributed by atoms with Crippen molar-refractivity contribution in [2.24, 2.45) is 11.3 Å². The van der Waals surface area contributed by atoms with E-state index in [1.807, 2.05) is 0 Å². The summed E-state index contributed by atoms with van der Waals surface area (Å²) in [6, 6.07) is 2.17. The topological polar surface area (TPSA) is 58.7 Å². The summed E-state index contributed by atoms with van der Waals surface area (Å²) in [5.41, 5.74) is 1.08. The van der Waals surface area contributed by atoms with E-state index >= 15 is 0 Å². The van der Waals surface area contributed by atoms with Gasteiger partial charge in [-0.25, -0.2) is 0 Å². The first kappa shape index (κ1) is 15.6. The standard InChI is InChI=1S/C18H28N2O3/c21-12-18-11-20(9-15(18)6-7-22-13-18)10-16-8-17(19-23-16)14-4-2-1-3-5-14/h8,14-15,21H,1-7,9-13H2/t15-,18+/m0/s1. The minimum absolute atomic E-state index is 0.0650. The van der Waals surface area contributed by atoms with Crippen molar-refractivity contribution in [1.29, 1.82) is 0 Å². The summed E-state index contributed by atoms with van der Waals surface area (Å²) in [6.07, 6.45) is 7.56. The summed E-state index contributed by atoms with van der Waals surface area (Å²) in [5.74, 6) is 2.11. The molecule has 2 aliphatic heterocycles. The molecular weight excluding hydrogens is 292 g/mol. The van der Waals surface area contributed by atoms with Gasteiger partial charge in [-0.2, -0.15) is 0 Å². The lowest BCUT2D eigenvalue weighted by Crippen LogP contribution is -2.42. The molecule has 3 aliphatic rings. The van der Waals surface area contributed by atoms with Crippen LogP contribution in [0.5, 0.6) is 0 Å². The Morgan fingerprint density at radius 3 is 2.91 bits per heavy atom. The SMILES string of the molecule is OC[C@]12COCC[C@H]1CN(Cc1cc(C3CCCCC3)no1)C2. The highest BCUT2D eigenvalue weighted by molar-refractivity contribution is 5.12. The molecule has 1 aromatic heterocycles. The summed E-state index contributed by atoms with van der Waals surface area (Å²) < 4.78 is 11.3. The number of fused-ring (bicyclic) bond motifs is 1. The van der Waals surface area contributed by atoms with E-state index in [9.17, 15) is 5.11 Å². The molecule has 2 saturated heterocycles. The molecule has 23 heavy (non-hydrogen) atoms. The van der Waals surface area contributed by atoms with Crippen LogP contribution in [0.2, 0.25) is 0 Å². The smallest absolute Gasteiger partial charge is 0.150 e. The van der Waals surface area contributed by atoms with Crippen molar-refractivity contribution in [1.82, 2.24) is 10.1 Å². The fraction of sp³-hybridized carbons (Fsp3) is 0.833. The number of aromatic nitrogens is 1. The third-order valence-electron chi connectivity index (χ3n) is 6.18. The van der Waals surface area contributed by atoms with E-state index < -0.39 is 0 Å². The number of hydrogen-bond acceptors (Lipinski definition) is 5. The molecule has 0 radical (unpaired) electrons. The van der Waals surface area contributed by atoms with Gasteiger partial charge < -0.3 is 14.4 Å². The molecule has 5 nitrogen and oxygen atoms in total. The van der Waals surface area contributed by atoms with Crippen LogP contribution in [0.3, 0.4) is 0 Å². The maximum absolute atomic E-state index is 9.87. The number of nitrogens with zero attached hydrogens (tertiary/aromatic N) is 2. The van der Waals surface area contributed by atoms with Crippen LogP contribution in [0.25, 0.3) is 0 Å². The molecule has 1 aliphatic carbocycles. The van der Waals surface area contributed by atoms with Crippen LogP contribution in [0.15, 0.2) is 10.6 Å². The second-order valence-corrected chi connectivity index (χ2v) is 7.78. The van der Waals surface area contributed by atoms with E-state index in [1.165, 1.54) is 32.1 Å². The number of ether oxygens (including phenoxy) is 1. The largest absolute Gasteiger partial charge is 0.396 e. The summed E-state index contributed by atoms with van der Waals surface area (Å²) in [7, 11) is 0. The van der Waals surface area contributed by atoms with Crippen LogP contribution in [-0.4, -0.2) is 48.1 Å². The Bertz CT molecular complexity index is 526. The van der Waals surface area contributed by atoms with E-state index in [-0.39, 0.29) is 12.0 Å². The molecule has 0 aromatic carbocycles. The predicted octanol–water partition coefficient (Wildman–Crippen LogP) is 2.55. The van der Waals surface area contributed by atoms with Gasteiger partial charge in [0.25, 0.3) is 0 Å². The van der Waals surface area contributed by atoms with Crippen LogP contribution < -0.4 is 0 Å². The molecule has 1 saturated carbocycles. The molecule has 3 fully saturated rings. The van der Waals surface area contributed by atoms with Crippen molar-refractivity contribution >= 4 is 0 Å². The van der Waals surface area contributed by atoms with Gasteiger partial charge in [0.15, 0.2) is 5.76 Å². The van der Waals surface area contributed by atoms with Crippen molar-refractivity contribution in [2.75, 3.05) is 32.9 Å². The zero-order chi connectivity index (χ0) is 15.7. The van der Waals surface area contributed by atoms with Crippen LogP contribution in [0.4, 0.5) is 0 Å². The Balaban J connectivity index is 1.40. The van der Waals surface area contributed by atoms with E-state index in [1.54, 1.807) is 0 Å². The molecular formula is C18H28N2O3. The lowest BCUT2D eigenvalue weighted by molar-refractivity contribution is -0.0562. The second-order valence-electron chi connectivity index (χ2n) is 7.78. The average molecular weight is 320 g/mol. The lowest BCUT2D eigenvalue weighted by Gasteiger charge is -2.36. The highest BCUT2D eigenvalue weighted by atomic mass is 16.5. The van der Waals surface area contributed by atoms with E-state index in [4.69, 9.17) is 9.26 Å². The third kappa shape index (κ3) is 3.06. The van der Waals surface area contributed by atoms with Crippen LogP contribution >= 0.6 is 0 Å². The van der Waals surface area contributed by atoms with Crippen LogP contribution in [-0.2, 0) is 11.3 Å².